The zero-order valence-corrected chi connectivity index (χ0v) is 23.2. The van der Waals surface area contributed by atoms with Crippen LogP contribution >= 0.6 is 12.0 Å². The van der Waals surface area contributed by atoms with Crippen molar-refractivity contribution in [3.05, 3.63) is 0 Å². The summed E-state index contributed by atoms with van der Waals surface area (Å²) in [6, 6.07) is 0. The molecular weight excluding hydrogens is 530 g/mol. The summed E-state index contributed by atoms with van der Waals surface area (Å²) in [6.45, 7) is 2.40. The molecule has 11 fully saturated rings. The van der Waals surface area contributed by atoms with Gasteiger partial charge in [-0.25, -0.2) is 10.1 Å². The lowest BCUT2D eigenvalue weighted by molar-refractivity contribution is -0.433. The Labute approximate surface area is 231 Å². The average Bonchev–Trinajstić information content (AvgIpc) is 2.87. The average molecular weight is 569 g/mol. The monoisotopic (exact) mass is 568 g/mol. The van der Waals surface area contributed by atoms with E-state index in [4.69, 9.17) is 14.7 Å². The van der Waals surface area contributed by atoms with E-state index in [0.29, 0.717) is 41.4 Å². The maximum absolute atomic E-state index is 14.3. The highest BCUT2D eigenvalue weighted by Crippen LogP contribution is 2.78. The summed E-state index contributed by atoms with van der Waals surface area (Å²) in [6.07, 6.45) is 11.9. The minimum Gasteiger partial charge on any atom is -0.460 e. The number of carbonyl (C=O) groups excluding carboxylic acids is 2. The Hall–Kier alpha value is -0.970. The van der Waals surface area contributed by atoms with E-state index in [1.165, 1.54) is 19.3 Å². The predicted octanol–water partition coefficient (Wildman–Crippen LogP) is 6.17. The molecule has 0 aromatic heterocycles. The Kier molecular flexibility index (Phi) is 5.34. The molecule has 39 heavy (non-hydrogen) atoms. The minimum absolute atomic E-state index is 0.0114. The normalized spacial score (nSPS) is 53.4. The third-order valence-corrected chi connectivity index (χ3v) is 13.9. The van der Waals surface area contributed by atoms with Crippen molar-refractivity contribution in [3.63, 3.8) is 0 Å². The second kappa shape index (κ2) is 8.10. The fourth-order valence-electron chi connectivity index (χ4n) is 13.0. The van der Waals surface area contributed by atoms with Gasteiger partial charge in [-0.2, -0.15) is 8.78 Å². The Morgan fingerprint density at radius 2 is 1.56 bits per heavy atom. The van der Waals surface area contributed by atoms with Crippen LogP contribution < -0.4 is 0 Å². The number of hydrogen-bond acceptors (Lipinski definition) is 8. The highest BCUT2D eigenvalue weighted by molar-refractivity contribution is 7.96. The van der Waals surface area contributed by atoms with Crippen molar-refractivity contribution >= 4 is 24.0 Å². The van der Waals surface area contributed by atoms with Gasteiger partial charge in [0, 0.05) is 5.41 Å². The van der Waals surface area contributed by atoms with Crippen LogP contribution in [0.1, 0.15) is 84.0 Å². The Balaban J connectivity index is 0.999. The summed E-state index contributed by atoms with van der Waals surface area (Å²) in [7, 11) is 0. The minimum atomic E-state index is -4.01. The largest absolute Gasteiger partial charge is 0.460 e. The van der Waals surface area contributed by atoms with Crippen LogP contribution in [0.15, 0.2) is 0 Å². The third kappa shape index (κ3) is 3.56. The number of hydrogen-bond donors (Lipinski definition) is 1. The van der Waals surface area contributed by atoms with Crippen LogP contribution in [0, 0.1) is 63.6 Å². The molecule has 11 rings (SSSR count). The Morgan fingerprint density at radius 1 is 0.897 bits per heavy atom. The molecule has 6 atom stereocenters. The second-order valence-corrected chi connectivity index (χ2v) is 16.3. The molecule has 0 aromatic carbocycles. The number of ether oxygens (including phenoxy) is 2. The van der Waals surface area contributed by atoms with Gasteiger partial charge in [-0.3, -0.25) is 4.79 Å². The predicted molar refractivity (Wildman–Crippen MR) is 133 cm³/mol. The van der Waals surface area contributed by atoms with E-state index < -0.39 is 34.3 Å². The lowest BCUT2D eigenvalue weighted by Gasteiger charge is -2.76. The summed E-state index contributed by atoms with van der Waals surface area (Å²) < 4.78 is 43.6. The first-order valence-corrected chi connectivity index (χ1v) is 15.7. The van der Waals surface area contributed by atoms with Crippen molar-refractivity contribution < 1.29 is 42.5 Å². The van der Waals surface area contributed by atoms with Crippen LogP contribution in [0.4, 0.5) is 8.78 Å². The number of alkyl halides is 2. The van der Waals surface area contributed by atoms with Gasteiger partial charge in [0.2, 0.25) is 0 Å². The first-order valence-electron chi connectivity index (χ1n) is 14.9. The van der Waals surface area contributed by atoms with Crippen LogP contribution in [-0.2, 0) is 28.4 Å². The molecule has 11 aliphatic rings. The second-order valence-electron chi connectivity index (χ2n) is 15.5. The van der Waals surface area contributed by atoms with Crippen molar-refractivity contribution in [2.24, 2.45) is 63.6 Å². The van der Waals surface area contributed by atoms with Crippen LogP contribution in [0.5, 0.6) is 0 Å². The lowest BCUT2D eigenvalue weighted by Crippen LogP contribution is -2.71. The molecule has 216 valence electrons. The molecule has 0 aliphatic heterocycles. The molecule has 0 amide bonds. The summed E-state index contributed by atoms with van der Waals surface area (Å²) in [5, 5.41) is 7.35. The lowest BCUT2D eigenvalue weighted by atomic mass is 9.29. The van der Waals surface area contributed by atoms with Crippen molar-refractivity contribution in [1.82, 2.24) is 0 Å². The van der Waals surface area contributed by atoms with Gasteiger partial charge in [0.15, 0.2) is 0 Å². The fraction of sp³-hybridized carbons (Fsp3) is 0.931. The van der Waals surface area contributed by atoms with Gasteiger partial charge in [0.25, 0.3) is 0 Å². The van der Waals surface area contributed by atoms with Crippen LogP contribution in [0.3, 0.4) is 0 Å². The van der Waals surface area contributed by atoms with Crippen molar-refractivity contribution in [2.75, 3.05) is 6.61 Å². The first-order chi connectivity index (χ1) is 18.5. The summed E-state index contributed by atoms with van der Waals surface area (Å²) >= 11 is -0.602. The standard InChI is InChI=1S/C29H38F2O7S/c1-25-5-15-3-18-20-10-27(11-21(18)25,12-22(25)19(20)4-15)23(32)36-28-8-16-2-17(9-28)7-26(6-16,13-28)14-35-24(33)29(30,31)39-38-37-34/h15-22,34H,2-14H2,1H3. The number of esters is 2. The summed E-state index contributed by atoms with van der Waals surface area (Å²) in [5.41, 5.74) is -0.987. The van der Waals surface area contributed by atoms with E-state index in [1.54, 1.807) is 0 Å². The number of rotatable bonds is 8. The Morgan fingerprint density at radius 3 is 2.21 bits per heavy atom. The molecule has 12 bridgehead atoms. The molecule has 0 heterocycles. The topological polar surface area (TPSA) is 91.3 Å². The van der Waals surface area contributed by atoms with Gasteiger partial charge >= 0.3 is 17.2 Å². The quantitative estimate of drug-likeness (QED) is 0.161. The highest BCUT2D eigenvalue weighted by atomic mass is 32.2. The molecular formula is C29H38F2O7S. The number of halogens is 2. The molecule has 0 radical (unpaired) electrons. The van der Waals surface area contributed by atoms with Crippen LogP contribution in [0.2, 0.25) is 0 Å². The zero-order chi connectivity index (χ0) is 27.0. The van der Waals surface area contributed by atoms with E-state index in [9.17, 15) is 18.4 Å². The molecule has 6 unspecified atom stereocenters. The zero-order valence-electron chi connectivity index (χ0n) is 22.4. The number of carbonyl (C=O) groups is 2. The third-order valence-electron chi connectivity index (χ3n) is 13.4. The van der Waals surface area contributed by atoms with Gasteiger partial charge in [0.05, 0.1) is 12.0 Å². The first kappa shape index (κ1) is 25.7. The van der Waals surface area contributed by atoms with Crippen LogP contribution in [-0.4, -0.2) is 34.7 Å². The van der Waals surface area contributed by atoms with Gasteiger partial charge in [-0.15, -0.1) is 4.33 Å². The van der Waals surface area contributed by atoms with Crippen molar-refractivity contribution in [3.8, 4) is 0 Å². The molecule has 0 spiro atoms. The van der Waals surface area contributed by atoms with Crippen molar-refractivity contribution in [1.29, 1.82) is 0 Å². The molecule has 11 saturated carbocycles. The van der Waals surface area contributed by atoms with E-state index >= 15 is 0 Å². The molecule has 11 aliphatic carbocycles. The van der Waals surface area contributed by atoms with E-state index in [-0.39, 0.29) is 18.0 Å². The summed E-state index contributed by atoms with van der Waals surface area (Å²) in [4.78, 5) is 26.4. The van der Waals surface area contributed by atoms with Gasteiger partial charge in [0.1, 0.15) is 17.6 Å². The van der Waals surface area contributed by atoms with E-state index in [2.05, 4.69) is 16.3 Å². The molecule has 7 nitrogen and oxygen atoms in total. The van der Waals surface area contributed by atoms with Crippen LogP contribution in [0.25, 0.3) is 0 Å². The highest BCUT2D eigenvalue weighted by Gasteiger charge is 2.73. The maximum Gasteiger partial charge on any atom is 0.415 e. The van der Waals surface area contributed by atoms with Gasteiger partial charge in [-0.05, 0) is 130 Å². The molecule has 0 saturated heterocycles. The fourth-order valence-corrected chi connectivity index (χ4v) is 13.3. The van der Waals surface area contributed by atoms with Crippen molar-refractivity contribution in [2.45, 2.75) is 94.8 Å². The molecule has 1 N–H and O–H groups in total. The van der Waals surface area contributed by atoms with E-state index in [1.807, 2.05) is 0 Å². The van der Waals surface area contributed by atoms with Gasteiger partial charge in [-0.1, -0.05) is 12.0 Å². The van der Waals surface area contributed by atoms with Gasteiger partial charge < -0.3 is 9.47 Å². The Bertz CT molecular complexity index is 1060. The SMILES string of the molecule is CC12CC3CC4C5CC(C(=O)OC67CC8CC(CC(COC(=O)C(F)(F)SOOO)(C8)C6)C7)(CC41)CC2C5C3. The molecule has 0 aromatic rings. The molecule has 10 heteroatoms. The maximum atomic E-state index is 14.3. The smallest absolute Gasteiger partial charge is 0.415 e. The summed E-state index contributed by atoms with van der Waals surface area (Å²) in [5.74, 6) is 3.46. The van der Waals surface area contributed by atoms with E-state index in [0.717, 1.165) is 69.1 Å².